The maximum atomic E-state index is 11.5. The van der Waals surface area contributed by atoms with E-state index in [1.54, 1.807) is 18.8 Å². The fraction of sp³-hybridized carbons (Fsp3) is 0.429. The maximum absolute atomic E-state index is 11.5. The fourth-order valence-electron chi connectivity index (χ4n) is 2.11. The molecule has 1 N–H and O–H groups in total. The quantitative estimate of drug-likeness (QED) is 0.839. The SMILES string of the molecule is CNC(=O)c1ccc(CN(C)CN2CCSC2=S)cc1. The summed E-state index contributed by atoms with van der Waals surface area (Å²) in [7, 11) is 3.72. The van der Waals surface area contributed by atoms with Crippen LogP contribution in [0.25, 0.3) is 0 Å². The first kappa shape index (κ1) is 15.3. The molecule has 1 aromatic carbocycles. The summed E-state index contributed by atoms with van der Waals surface area (Å²) in [5.74, 6) is 1.04. The van der Waals surface area contributed by atoms with E-state index in [4.69, 9.17) is 12.2 Å². The van der Waals surface area contributed by atoms with Gasteiger partial charge < -0.3 is 10.2 Å². The van der Waals surface area contributed by atoms with Crippen molar-refractivity contribution in [1.82, 2.24) is 15.1 Å². The smallest absolute Gasteiger partial charge is 0.251 e. The minimum Gasteiger partial charge on any atom is -0.355 e. The van der Waals surface area contributed by atoms with Crippen LogP contribution in [0.5, 0.6) is 0 Å². The minimum atomic E-state index is -0.0515. The van der Waals surface area contributed by atoms with Crippen LogP contribution >= 0.6 is 24.0 Å². The second kappa shape index (κ2) is 7.06. The molecule has 0 aliphatic carbocycles. The summed E-state index contributed by atoms with van der Waals surface area (Å²) in [6.45, 7) is 2.73. The van der Waals surface area contributed by atoms with Crippen LogP contribution in [0, 0.1) is 0 Å². The number of carbonyl (C=O) groups excluding carboxylic acids is 1. The highest BCUT2D eigenvalue weighted by Gasteiger charge is 2.18. The highest BCUT2D eigenvalue weighted by atomic mass is 32.2. The van der Waals surface area contributed by atoms with Gasteiger partial charge in [-0.2, -0.15) is 0 Å². The van der Waals surface area contributed by atoms with E-state index in [1.165, 1.54) is 5.56 Å². The summed E-state index contributed by atoms with van der Waals surface area (Å²) < 4.78 is 0.992. The molecular formula is C14H19N3OS2. The van der Waals surface area contributed by atoms with E-state index in [1.807, 2.05) is 24.3 Å². The number of nitrogens with zero attached hydrogens (tertiary/aromatic N) is 2. The minimum absolute atomic E-state index is 0.0515. The summed E-state index contributed by atoms with van der Waals surface area (Å²) in [4.78, 5) is 15.9. The van der Waals surface area contributed by atoms with Crippen LogP contribution < -0.4 is 5.32 Å². The molecule has 1 aromatic rings. The fourth-order valence-corrected chi connectivity index (χ4v) is 3.33. The second-order valence-electron chi connectivity index (χ2n) is 4.81. The molecule has 0 bridgehead atoms. The van der Waals surface area contributed by atoms with Crippen molar-refractivity contribution in [3.63, 3.8) is 0 Å². The highest BCUT2D eigenvalue weighted by molar-refractivity contribution is 8.23. The lowest BCUT2D eigenvalue weighted by Crippen LogP contribution is -2.35. The Morgan fingerprint density at radius 1 is 1.45 bits per heavy atom. The molecule has 0 atom stereocenters. The van der Waals surface area contributed by atoms with Crippen LogP contribution in [0.2, 0.25) is 0 Å². The van der Waals surface area contributed by atoms with Crippen LogP contribution in [0.15, 0.2) is 24.3 Å². The summed E-state index contributed by atoms with van der Waals surface area (Å²) in [6.07, 6.45) is 0. The summed E-state index contributed by atoms with van der Waals surface area (Å²) in [6, 6.07) is 7.72. The number of amides is 1. The van der Waals surface area contributed by atoms with E-state index in [0.717, 1.165) is 29.8 Å². The van der Waals surface area contributed by atoms with Gasteiger partial charge in [-0.1, -0.05) is 36.1 Å². The molecule has 4 nitrogen and oxygen atoms in total. The maximum Gasteiger partial charge on any atom is 0.251 e. The first-order valence-electron chi connectivity index (χ1n) is 6.51. The summed E-state index contributed by atoms with van der Waals surface area (Å²) >= 11 is 7.05. The molecule has 1 aliphatic rings. The van der Waals surface area contributed by atoms with Gasteiger partial charge in [0.05, 0.1) is 6.67 Å². The largest absolute Gasteiger partial charge is 0.355 e. The summed E-state index contributed by atoms with van der Waals surface area (Å²) in [5.41, 5.74) is 1.88. The van der Waals surface area contributed by atoms with Gasteiger partial charge in [-0.25, -0.2) is 0 Å². The van der Waals surface area contributed by atoms with Crippen LogP contribution in [0.3, 0.4) is 0 Å². The molecule has 1 amide bonds. The summed E-state index contributed by atoms with van der Waals surface area (Å²) in [5, 5.41) is 2.62. The molecule has 1 aliphatic heterocycles. The van der Waals surface area contributed by atoms with Crippen molar-refractivity contribution >= 4 is 34.2 Å². The van der Waals surface area contributed by atoms with Gasteiger partial charge in [-0.05, 0) is 24.7 Å². The molecule has 0 unspecified atom stereocenters. The third-order valence-corrected chi connectivity index (χ3v) is 4.66. The van der Waals surface area contributed by atoms with E-state index in [-0.39, 0.29) is 5.91 Å². The number of hydrogen-bond acceptors (Lipinski definition) is 4. The van der Waals surface area contributed by atoms with Crippen molar-refractivity contribution in [1.29, 1.82) is 0 Å². The molecule has 1 fully saturated rings. The predicted octanol–water partition coefficient (Wildman–Crippen LogP) is 1.77. The number of thioether (sulfide) groups is 1. The van der Waals surface area contributed by atoms with Crippen molar-refractivity contribution in [2.45, 2.75) is 6.54 Å². The predicted molar refractivity (Wildman–Crippen MR) is 87.9 cm³/mol. The van der Waals surface area contributed by atoms with Crippen LogP contribution in [-0.4, -0.2) is 53.1 Å². The van der Waals surface area contributed by atoms with Gasteiger partial charge >= 0.3 is 0 Å². The first-order chi connectivity index (χ1) is 9.60. The van der Waals surface area contributed by atoms with Crippen molar-refractivity contribution in [3.05, 3.63) is 35.4 Å². The average molecular weight is 309 g/mol. The lowest BCUT2D eigenvalue weighted by molar-refractivity contribution is 0.0963. The second-order valence-corrected chi connectivity index (χ2v) is 6.54. The lowest BCUT2D eigenvalue weighted by Gasteiger charge is -2.24. The Kier molecular flexibility index (Phi) is 5.39. The Labute approximate surface area is 129 Å². The average Bonchev–Trinajstić information content (AvgIpc) is 2.84. The Morgan fingerprint density at radius 2 is 2.15 bits per heavy atom. The molecule has 108 valence electrons. The molecule has 0 aromatic heterocycles. The number of thiocarbonyl (C=S) groups is 1. The molecule has 1 heterocycles. The number of benzene rings is 1. The molecular weight excluding hydrogens is 290 g/mol. The third-order valence-electron chi connectivity index (χ3n) is 3.15. The molecule has 0 saturated carbocycles. The van der Waals surface area contributed by atoms with Crippen molar-refractivity contribution in [2.24, 2.45) is 0 Å². The Balaban J connectivity index is 1.89. The lowest BCUT2D eigenvalue weighted by atomic mass is 10.1. The topological polar surface area (TPSA) is 35.6 Å². The van der Waals surface area contributed by atoms with Crippen molar-refractivity contribution < 1.29 is 4.79 Å². The number of carbonyl (C=O) groups is 1. The molecule has 1 saturated heterocycles. The Morgan fingerprint density at radius 3 is 2.70 bits per heavy atom. The van der Waals surface area contributed by atoms with Crippen LogP contribution in [0.1, 0.15) is 15.9 Å². The highest BCUT2D eigenvalue weighted by Crippen LogP contribution is 2.18. The zero-order valence-corrected chi connectivity index (χ0v) is 13.4. The zero-order valence-electron chi connectivity index (χ0n) is 11.8. The molecule has 20 heavy (non-hydrogen) atoms. The Bertz CT molecular complexity index is 490. The normalized spacial score (nSPS) is 14.9. The van der Waals surface area contributed by atoms with Crippen molar-refractivity contribution in [2.75, 3.05) is 33.1 Å². The number of nitrogens with one attached hydrogen (secondary N) is 1. The van der Waals surface area contributed by atoms with E-state index in [2.05, 4.69) is 22.2 Å². The first-order valence-corrected chi connectivity index (χ1v) is 7.91. The molecule has 0 spiro atoms. The van der Waals surface area contributed by atoms with Gasteiger partial charge in [0.1, 0.15) is 4.32 Å². The van der Waals surface area contributed by atoms with Gasteiger partial charge in [-0.3, -0.25) is 9.69 Å². The van der Waals surface area contributed by atoms with E-state index in [9.17, 15) is 4.79 Å². The number of rotatable bonds is 5. The van der Waals surface area contributed by atoms with E-state index in [0.29, 0.717) is 5.56 Å². The molecule has 6 heteroatoms. The Hall–Kier alpha value is -1.11. The third kappa shape index (κ3) is 3.94. The van der Waals surface area contributed by atoms with Gasteiger partial charge in [0.2, 0.25) is 0 Å². The zero-order chi connectivity index (χ0) is 14.5. The van der Waals surface area contributed by atoms with Crippen molar-refractivity contribution in [3.8, 4) is 0 Å². The monoisotopic (exact) mass is 309 g/mol. The van der Waals surface area contributed by atoms with Gasteiger partial charge in [0.15, 0.2) is 0 Å². The van der Waals surface area contributed by atoms with Gasteiger partial charge in [0, 0.05) is 31.5 Å². The van der Waals surface area contributed by atoms with Gasteiger partial charge in [-0.15, -0.1) is 0 Å². The van der Waals surface area contributed by atoms with Gasteiger partial charge in [0.25, 0.3) is 5.91 Å². The molecule has 0 radical (unpaired) electrons. The standard InChI is InChI=1S/C14H19N3OS2/c1-15-13(18)12-5-3-11(4-6-12)9-16(2)10-17-7-8-20-14(17)19/h3-6H,7-10H2,1-2H3,(H,15,18). The van der Waals surface area contributed by atoms with Crippen LogP contribution in [0.4, 0.5) is 0 Å². The van der Waals surface area contributed by atoms with E-state index >= 15 is 0 Å². The van der Waals surface area contributed by atoms with Crippen LogP contribution in [-0.2, 0) is 6.54 Å². The number of hydrogen-bond donors (Lipinski definition) is 1. The van der Waals surface area contributed by atoms with E-state index < -0.39 is 0 Å². The molecule has 2 rings (SSSR count).